The molecule has 0 saturated carbocycles. The standard InChI is InChI=1S/C24H34N4O/c1-26(23-11-6-3-7-12-23)15-8-14-25-24(29)21-28-19-17-27(18-20-28)16-13-22-9-4-2-5-10-22/h2-7,9-12H,8,13-21H2,1H3,(H,25,29). The first-order valence-corrected chi connectivity index (χ1v) is 10.7. The average Bonchev–Trinajstić information content (AvgIpc) is 2.77. The summed E-state index contributed by atoms with van der Waals surface area (Å²) in [6.07, 6.45) is 2.04. The fraction of sp³-hybridized carbons (Fsp3) is 0.458. The second-order valence-electron chi connectivity index (χ2n) is 7.81. The third-order valence-electron chi connectivity index (χ3n) is 5.58. The lowest BCUT2D eigenvalue weighted by atomic mass is 10.1. The molecule has 0 unspecified atom stereocenters. The van der Waals surface area contributed by atoms with Crippen LogP contribution in [-0.4, -0.2) is 75.1 Å². The smallest absolute Gasteiger partial charge is 0.234 e. The molecule has 1 heterocycles. The minimum Gasteiger partial charge on any atom is -0.375 e. The van der Waals surface area contributed by atoms with Gasteiger partial charge in [-0.3, -0.25) is 9.69 Å². The molecule has 1 aliphatic heterocycles. The number of nitrogens with zero attached hydrogens (tertiary/aromatic N) is 3. The lowest BCUT2D eigenvalue weighted by Gasteiger charge is -2.34. The minimum atomic E-state index is 0.144. The third-order valence-corrected chi connectivity index (χ3v) is 5.58. The molecule has 1 aliphatic rings. The number of piperazine rings is 1. The molecular weight excluding hydrogens is 360 g/mol. The van der Waals surface area contributed by atoms with Gasteiger partial charge in [0.15, 0.2) is 0 Å². The van der Waals surface area contributed by atoms with Crippen molar-refractivity contribution < 1.29 is 4.79 Å². The topological polar surface area (TPSA) is 38.8 Å². The molecule has 1 N–H and O–H groups in total. The van der Waals surface area contributed by atoms with E-state index in [0.717, 1.165) is 58.7 Å². The quantitative estimate of drug-likeness (QED) is 0.629. The van der Waals surface area contributed by atoms with E-state index in [1.54, 1.807) is 0 Å². The minimum absolute atomic E-state index is 0.144. The fourth-order valence-electron chi connectivity index (χ4n) is 3.72. The van der Waals surface area contributed by atoms with Crippen molar-refractivity contribution in [3.05, 3.63) is 66.2 Å². The van der Waals surface area contributed by atoms with Crippen LogP contribution in [0.3, 0.4) is 0 Å². The Hall–Kier alpha value is -2.37. The summed E-state index contributed by atoms with van der Waals surface area (Å²) in [6.45, 7) is 7.30. The molecule has 0 spiro atoms. The number of carbonyl (C=O) groups is 1. The molecule has 5 heteroatoms. The van der Waals surface area contributed by atoms with Crippen molar-refractivity contribution in [1.29, 1.82) is 0 Å². The molecule has 0 radical (unpaired) electrons. The number of benzene rings is 2. The first-order chi connectivity index (χ1) is 14.2. The van der Waals surface area contributed by atoms with Crippen molar-refractivity contribution in [2.75, 3.05) is 64.3 Å². The Morgan fingerprint density at radius 1 is 0.931 bits per heavy atom. The van der Waals surface area contributed by atoms with Crippen molar-refractivity contribution in [1.82, 2.24) is 15.1 Å². The van der Waals surface area contributed by atoms with E-state index < -0.39 is 0 Å². The van der Waals surface area contributed by atoms with Crippen molar-refractivity contribution in [2.45, 2.75) is 12.8 Å². The second-order valence-corrected chi connectivity index (χ2v) is 7.81. The molecule has 0 aliphatic carbocycles. The highest BCUT2D eigenvalue weighted by molar-refractivity contribution is 5.78. The fourth-order valence-corrected chi connectivity index (χ4v) is 3.72. The largest absolute Gasteiger partial charge is 0.375 e. The molecule has 1 amide bonds. The summed E-state index contributed by atoms with van der Waals surface area (Å²) >= 11 is 0. The highest BCUT2D eigenvalue weighted by Crippen LogP contribution is 2.10. The Balaban J connectivity index is 1.25. The molecule has 3 rings (SSSR count). The van der Waals surface area contributed by atoms with Gasteiger partial charge in [0.1, 0.15) is 0 Å². The predicted octanol–water partition coefficient (Wildman–Crippen LogP) is 2.49. The lowest BCUT2D eigenvalue weighted by molar-refractivity contribution is -0.122. The highest BCUT2D eigenvalue weighted by atomic mass is 16.2. The van der Waals surface area contributed by atoms with Crippen LogP contribution in [0.5, 0.6) is 0 Å². The summed E-state index contributed by atoms with van der Waals surface area (Å²) in [5.74, 6) is 0.144. The van der Waals surface area contributed by atoms with Gasteiger partial charge in [0.25, 0.3) is 0 Å². The van der Waals surface area contributed by atoms with Crippen LogP contribution >= 0.6 is 0 Å². The van der Waals surface area contributed by atoms with Gasteiger partial charge in [-0.05, 0) is 30.5 Å². The molecule has 0 aromatic heterocycles. The van der Waals surface area contributed by atoms with Crippen molar-refractivity contribution in [2.24, 2.45) is 0 Å². The Morgan fingerprint density at radius 3 is 2.24 bits per heavy atom. The Kier molecular flexibility index (Phi) is 8.53. The van der Waals surface area contributed by atoms with Crippen molar-refractivity contribution in [3.63, 3.8) is 0 Å². The van der Waals surface area contributed by atoms with E-state index in [4.69, 9.17) is 0 Å². The number of anilines is 1. The van der Waals surface area contributed by atoms with E-state index in [0.29, 0.717) is 6.54 Å². The average molecular weight is 395 g/mol. The number of carbonyl (C=O) groups excluding carboxylic acids is 1. The van der Waals surface area contributed by atoms with Gasteiger partial charge in [0.2, 0.25) is 5.91 Å². The van der Waals surface area contributed by atoms with Crippen LogP contribution in [0.1, 0.15) is 12.0 Å². The van der Waals surface area contributed by atoms with Crippen LogP contribution in [0.4, 0.5) is 5.69 Å². The van der Waals surface area contributed by atoms with Crippen molar-refractivity contribution in [3.8, 4) is 0 Å². The molecule has 1 fully saturated rings. The van der Waals surface area contributed by atoms with Gasteiger partial charge in [-0.2, -0.15) is 0 Å². The van der Waals surface area contributed by atoms with E-state index in [1.807, 2.05) is 6.07 Å². The van der Waals surface area contributed by atoms with Crippen LogP contribution in [0, 0.1) is 0 Å². The summed E-state index contributed by atoms with van der Waals surface area (Å²) in [5.41, 5.74) is 2.61. The first kappa shape index (κ1) is 21.3. The van der Waals surface area contributed by atoms with E-state index >= 15 is 0 Å². The summed E-state index contributed by atoms with van der Waals surface area (Å²) < 4.78 is 0. The summed E-state index contributed by atoms with van der Waals surface area (Å²) in [5, 5.41) is 3.07. The van der Waals surface area contributed by atoms with Gasteiger partial charge in [0.05, 0.1) is 6.54 Å². The number of para-hydroxylation sites is 1. The number of hydrogen-bond donors (Lipinski definition) is 1. The van der Waals surface area contributed by atoms with E-state index in [-0.39, 0.29) is 5.91 Å². The molecule has 0 atom stereocenters. The van der Waals surface area contributed by atoms with E-state index in [1.165, 1.54) is 11.3 Å². The SMILES string of the molecule is CN(CCCNC(=O)CN1CCN(CCc2ccccc2)CC1)c1ccccc1. The zero-order valence-corrected chi connectivity index (χ0v) is 17.6. The maximum absolute atomic E-state index is 12.2. The Morgan fingerprint density at radius 2 is 1.55 bits per heavy atom. The summed E-state index contributed by atoms with van der Waals surface area (Å²) in [7, 11) is 2.09. The van der Waals surface area contributed by atoms with Crippen LogP contribution in [0.2, 0.25) is 0 Å². The molecule has 5 nitrogen and oxygen atoms in total. The number of rotatable bonds is 10. The molecule has 1 saturated heterocycles. The number of nitrogens with one attached hydrogen (secondary N) is 1. The van der Waals surface area contributed by atoms with Gasteiger partial charge in [0, 0.05) is 58.5 Å². The van der Waals surface area contributed by atoms with Gasteiger partial charge in [-0.1, -0.05) is 48.5 Å². The maximum Gasteiger partial charge on any atom is 0.234 e. The van der Waals surface area contributed by atoms with Crippen LogP contribution in [0.25, 0.3) is 0 Å². The molecular formula is C24H34N4O. The van der Waals surface area contributed by atoms with Gasteiger partial charge in [-0.25, -0.2) is 0 Å². The van der Waals surface area contributed by atoms with E-state index in [9.17, 15) is 4.79 Å². The van der Waals surface area contributed by atoms with Crippen molar-refractivity contribution >= 4 is 11.6 Å². The monoisotopic (exact) mass is 394 g/mol. The number of amides is 1. The molecule has 29 heavy (non-hydrogen) atoms. The van der Waals surface area contributed by atoms with Crippen LogP contribution in [-0.2, 0) is 11.2 Å². The Labute approximate surface area is 175 Å². The van der Waals surface area contributed by atoms with E-state index in [2.05, 4.69) is 81.7 Å². The van der Waals surface area contributed by atoms with Crippen LogP contribution in [0.15, 0.2) is 60.7 Å². The summed E-state index contributed by atoms with van der Waals surface area (Å²) in [4.78, 5) is 19.2. The molecule has 2 aromatic rings. The van der Waals surface area contributed by atoms with Crippen LogP contribution < -0.4 is 10.2 Å². The van der Waals surface area contributed by atoms with Gasteiger partial charge < -0.3 is 15.1 Å². The Bertz CT molecular complexity index is 714. The van der Waals surface area contributed by atoms with Gasteiger partial charge >= 0.3 is 0 Å². The lowest BCUT2D eigenvalue weighted by Crippen LogP contribution is -2.49. The molecule has 0 bridgehead atoms. The highest BCUT2D eigenvalue weighted by Gasteiger charge is 2.18. The zero-order chi connectivity index (χ0) is 20.3. The summed E-state index contributed by atoms with van der Waals surface area (Å²) in [6, 6.07) is 21.0. The zero-order valence-electron chi connectivity index (χ0n) is 17.6. The molecule has 156 valence electrons. The third kappa shape index (κ3) is 7.52. The van der Waals surface area contributed by atoms with Gasteiger partial charge in [-0.15, -0.1) is 0 Å². The molecule has 2 aromatic carbocycles. The maximum atomic E-state index is 12.2. The first-order valence-electron chi connectivity index (χ1n) is 10.7. The predicted molar refractivity (Wildman–Crippen MR) is 120 cm³/mol. The normalized spacial score (nSPS) is 15.2. The second kappa shape index (κ2) is 11.6. The number of hydrogen-bond acceptors (Lipinski definition) is 4.